The van der Waals surface area contributed by atoms with Crippen LogP contribution in [0.25, 0.3) is 11.3 Å². The molecule has 0 unspecified atom stereocenters. The van der Waals surface area contributed by atoms with Crippen molar-refractivity contribution in [3.63, 3.8) is 0 Å². The summed E-state index contributed by atoms with van der Waals surface area (Å²) >= 11 is 0. The van der Waals surface area contributed by atoms with E-state index >= 15 is 0 Å². The van der Waals surface area contributed by atoms with Crippen LogP contribution >= 0.6 is 0 Å². The van der Waals surface area contributed by atoms with Crippen LogP contribution in [0.2, 0.25) is 0 Å². The molecule has 0 radical (unpaired) electrons. The van der Waals surface area contributed by atoms with Gasteiger partial charge >= 0.3 is 6.03 Å². The molecule has 7 nitrogen and oxygen atoms in total. The quantitative estimate of drug-likeness (QED) is 0.675. The molecule has 0 atom stereocenters. The highest BCUT2D eigenvalue weighted by Crippen LogP contribution is 2.34. The number of nitrogens with one attached hydrogen (secondary N) is 2. The molecule has 0 aliphatic heterocycles. The number of nitrogens with two attached hydrogens (primary N) is 2. The van der Waals surface area contributed by atoms with Crippen molar-refractivity contribution in [3.8, 4) is 17.0 Å². The van der Waals surface area contributed by atoms with Gasteiger partial charge in [-0.2, -0.15) is 0 Å². The first-order valence-electron chi connectivity index (χ1n) is 7.14. The van der Waals surface area contributed by atoms with Crippen LogP contribution < -0.4 is 21.5 Å². The summed E-state index contributed by atoms with van der Waals surface area (Å²) in [4.78, 5) is 25.6. The van der Waals surface area contributed by atoms with E-state index in [0.29, 0.717) is 11.4 Å². The summed E-state index contributed by atoms with van der Waals surface area (Å²) < 4.78 is 5.42. The lowest BCUT2D eigenvalue weighted by Gasteiger charge is -2.12. The van der Waals surface area contributed by atoms with Gasteiger partial charge in [-0.15, -0.1) is 0 Å². The fourth-order valence-corrected chi connectivity index (χ4v) is 2.50. The number of benzene rings is 1. The molecule has 1 aromatic carbocycles. The van der Waals surface area contributed by atoms with Gasteiger partial charge in [-0.05, 0) is 42.7 Å². The van der Waals surface area contributed by atoms with Crippen LogP contribution in [0, 0.1) is 6.92 Å². The number of H-pyrrole nitrogens is 1. The first-order chi connectivity index (χ1) is 10.9. The zero-order chi connectivity index (χ0) is 17.1. The molecule has 0 spiro atoms. The highest BCUT2D eigenvalue weighted by atomic mass is 16.5. The maximum Gasteiger partial charge on any atom is 0.317 e. The maximum absolute atomic E-state index is 11.6. The van der Waals surface area contributed by atoms with E-state index in [1.807, 2.05) is 19.1 Å². The molecular formula is C16H20N4O3. The zero-order valence-electron chi connectivity index (χ0n) is 13.3. The van der Waals surface area contributed by atoms with Crippen molar-refractivity contribution in [1.82, 2.24) is 4.98 Å². The standard InChI is InChI=1S/C16H20N4O3/c1-4-9-6-10(13(23-3)5-8(9)2)12-7-11(14(17)21)15(19-12)20-16(18)22/h5-7,19H,4H2,1-3H3,(H2,17,21)(H3,18,20,22). The number of urea groups is 1. The molecule has 0 aliphatic carbocycles. The van der Waals surface area contributed by atoms with Gasteiger partial charge in [0.15, 0.2) is 0 Å². The molecule has 2 rings (SSSR count). The monoisotopic (exact) mass is 316 g/mol. The number of ether oxygens (including phenoxy) is 1. The zero-order valence-corrected chi connectivity index (χ0v) is 13.3. The lowest BCUT2D eigenvalue weighted by atomic mass is 10.00. The first-order valence-corrected chi connectivity index (χ1v) is 7.14. The van der Waals surface area contributed by atoms with Gasteiger partial charge in [0.1, 0.15) is 11.6 Å². The fourth-order valence-electron chi connectivity index (χ4n) is 2.50. The lowest BCUT2D eigenvalue weighted by molar-refractivity contribution is 0.100. The lowest BCUT2D eigenvalue weighted by Crippen LogP contribution is -2.22. The molecule has 0 saturated carbocycles. The molecule has 7 heteroatoms. The van der Waals surface area contributed by atoms with E-state index in [0.717, 1.165) is 23.1 Å². The molecule has 0 fully saturated rings. The Morgan fingerprint density at radius 1 is 1.26 bits per heavy atom. The number of aryl methyl sites for hydroxylation is 2. The average molecular weight is 316 g/mol. The summed E-state index contributed by atoms with van der Waals surface area (Å²) in [5.74, 6) is 0.154. The predicted molar refractivity (Wildman–Crippen MR) is 88.6 cm³/mol. The Kier molecular flexibility index (Phi) is 4.59. The minimum Gasteiger partial charge on any atom is -0.496 e. The van der Waals surface area contributed by atoms with Crippen LogP contribution in [-0.2, 0) is 6.42 Å². The highest BCUT2D eigenvalue weighted by molar-refractivity contribution is 6.03. The van der Waals surface area contributed by atoms with Crippen LogP contribution in [-0.4, -0.2) is 24.0 Å². The molecule has 0 aliphatic rings. The van der Waals surface area contributed by atoms with E-state index in [1.165, 1.54) is 0 Å². The largest absolute Gasteiger partial charge is 0.496 e. The van der Waals surface area contributed by atoms with Crippen LogP contribution in [0.15, 0.2) is 18.2 Å². The smallest absolute Gasteiger partial charge is 0.317 e. The number of aromatic amines is 1. The summed E-state index contributed by atoms with van der Waals surface area (Å²) in [6.45, 7) is 4.07. The Morgan fingerprint density at radius 3 is 2.48 bits per heavy atom. The Labute approximate surface area is 134 Å². The second-order valence-corrected chi connectivity index (χ2v) is 5.16. The molecule has 3 amide bonds. The summed E-state index contributed by atoms with van der Waals surface area (Å²) in [6, 6.07) is 4.70. The number of aromatic nitrogens is 1. The van der Waals surface area contributed by atoms with Crippen LogP contribution in [0.5, 0.6) is 5.75 Å². The van der Waals surface area contributed by atoms with E-state index in [4.69, 9.17) is 16.2 Å². The van der Waals surface area contributed by atoms with Gasteiger partial charge in [0, 0.05) is 5.56 Å². The minimum atomic E-state index is -0.786. The Hall–Kier alpha value is -2.96. The number of hydrogen-bond donors (Lipinski definition) is 4. The van der Waals surface area contributed by atoms with E-state index in [1.54, 1.807) is 13.2 Å². The highest BCUT2D eigenvalue weighted by Gasteiger charge is 2.18. The van der Waals surface area contributed by atoms with Gasteiger partial charge in [0.05, 0.1) is 18.4 Å². The fraction of sp³-hybridized carbons (Fsp3) is 0.250. The van der Waals surface area contributed by atoms with Crippen LogP contribution in [0.1, 0.15) is 28.4 Å². The normalized spacial score (nSPS) is 10.4. The third-order valence-corrected chi connectivity index (χ3v) is 3.66. The number of primary amides is 2. The molecule has 1 heterocycles. The van der Waals surface area contributed by atoms with Crippen molar-refractivity contribution in [1.29, 1.82) is 0 Å². The number of anilines is 1. The van der Waals surface area contributed by atoms with Gasteiger partial charge in [0.25, 0.3) is 5.91 Å². The predicted octanol–water partition coefficient (Wildman–Crippen LogP) is 2.15. The number of amides is 3. The molecule has 0 bridgehead atoms. The number of methoxy groups -OCH3 is 1. The summed E-state index contributed by atoms with van der Waals surface area (Å²) in [6.07, 6.45) is 0.860. The second kappa shape index (κ2) is 6.43. The van der Waals surface area contributed by atoms with E-state index in [9.17, 15) is 9.59 Å². The Morgan fingerprint density at radius 2 is 1.96 bits per heavy atom. The van der Waals surface area contributed by atoms with E-state index in [2.05, 4.69) is 17.2 Å². The summed E-state index contributed by atoms with van der Waals surface area (Å²) in [5, 5.41) is 2.36. The average Bonchev–Trinajstić information content (AvgIpc) is 2.89. The number of rotatable bonds is 5. The molecule has 23 heavy (non-hydrogen) atoms. The van der Waals surface area contributed by atoms with Gasteiger partial charge in [-0.3, -0.25) is 10.1 Å². The minimum absolute atomic E-state index is 0.152. The summed E-state index contributed by atoms with van der Waals surface area (Å²) in [7, 11) is 1.57. The third kappa shape index (κ3) is 3.28. The van der Waals surface area contributed by atoms with E-state index in [-0.39, 0.29) is 11.4 Å². The van der Waals surface area contributed by atoms with Gasteiger partial charge in [-0.1, -0.05) is 6.92 Å². The number of carbonyl (C=O) groups excluding carboxylic acids is 2. The van der Waals surface area contributed by atoms with Crippen molar-refractivity contribution >= 4 is 17.8 Å². The number of hydrogen-bond acceptors (Lipinski definition) is 3. The molecule has 1 aromatic heterocycles. The van der Waals surface area contributed by atoms with Crippen molar-refractivity contribution in [2.24, 2.45) is 11.5 Å². The third-order valence-electron chi connectivity index (χ3n) is 3.66. The first kappa shape index (κ1) is 16.4. The Balaban J connectivity index is 2.62. The van der Waals surface area contributed by atoms with Crippen LogP contribution in [0.4, 0.5) is 10.6 Å². The summed E-state index contributed by atoms with van der Waals surface area (Å²) in [5.41, 5.74) is 14.3. The maximum atomic E-state index is 11.6. The molecule has 0 saturated heterocycles. The topological polar surface area (TPSA) is 123 Å². The van der Waals surface area contributed by atoms with E-state index < -0.39 is 11.9 Å². The molecule has 6 N–H and O–H groups in total. The molecule has 122 valence electrons. The van der Waals surface area contributed by atoms with Crippen molar-refractivity contribution in [3.05, 3.63) is 34.9 Å². The molecule has 2 aromatic rings. The van der Waals surface area contributed by atoms with Crippen molar-refractivity contribution in [2.45, 2.75) is 20.3 Å². The SMILES string of the molecule is CCc1cc(-c2cc(C(N)=O)c(NC(N)=O)[nH]2)c(OC)cc1C. The molecular weight excluding hydrogens is 296 g/mol. The Bertz CT molecular complexity index is 765. The van der Waals surface area contributed by atoms with Crippen molar-refractivity contribution < 1.29 is 14.3 Å². The van der Waals surface area contributed by atoms with Gasteiger partial charge in [-0.25, -0.2) is 4.79 Å². The van der Waals surface area contributed by atoms with Gasteiger partial charge in [0.2, 0.25) is 0 Å². The van der Waals surface area contributed by atoms with Gasteiger partial charge < -0.3 is 21.2 Å². The number of carbonyl (C=O) groups is 2. The van der Waals surface area contributed by atoms with Crippen molar-refractivity contribution in [2.75, 3.05) is 12.4 Å². The second-order valence-electron chi connectivity index (χ2n) is 5.16. The van der Waals surface area contributed by atoms with Crippen LogP contribution in [0.3, 0.4) is 0 Å².